The fourth-order valence-electron chi connectivity index (χ4n) is 4.14. The Morgan fingerprint density at radius 2 is 1.68 bits per heavy atom. The van der Waals surface area contributed by atoms with Crippen LogP contribution < -0.4 is 5.73 Å². The second-order valence-electron chi connectivity index (χ2n) is 7.90. The zero-order chi connectivity index (χ0) is 22.0. The Labute approximate surface area is 179 Å². The van der Waals surface area contributed by atoms with Crippen molar-refractivity contribution in [3.05, 3.63) is 48.0 Å². The molecule has 2 aromatic heterocycles. The van der Waals surface area contributed by atoms with Crippen LogP contribution in [0.3, 0.4) is 0 Å². The minimum atomic E-state index is -0.577. The molecule has 9 heteroatoms. The molecule has 31 heavy (non-hydrogen) atoms. The van der Waals surface area contributed by atoms with E-state index in [-0.39, 0.29) is 17.9 Å². The van der Waals surface area contributed by atoms with Crippen molar-refractivity contribution in [3.63, 3.8) is 0 Å². The van der Waals surface area contributed by atoms with Crippen molar-refractivity contribution in [1.29, 1.82) is 0 Å². The van der Waals surface area contributed by atoms with Crippen LogP contribution in [0.5, 0.6) is 0 Å². The van der Waals surface area contributed by atoms with Gasteiger partial charge in [-0.15, -0.1) is 0 Å². The first-order valence-corrected chi connectivity index (χ1v) is 10.6. The number of amides is 2. The quantitative estimate of drug-likeness (QED) is 0.401. The maximum Gasteiger partial charge on any atom is 0.261 e. The summed E-state index contributed by atoms with van der Waals surface area (Å²) in [6.45, 7) is 2.18. The fraction of sp³-hybridized carbons (Fsp3) is 0.409. The lowest BCUT2D eigenvalue weighted by atomic mass is 10.0. The van der Waals surface area contributed by atoms with Gasteiger partial charge in [-0.3, -0.25) is 14.5 Å². The topological polar surface area (TPSA) is 127 Å². The van der Waals surface area contributed by atoms with E-state index in [1.165, 1.54) is 11.2 Å². The van der Waals surface area contributed by atoms with Crippen molar-refractivity contribution in [2.24, 2.45) is 0 Å². The molecule has 0 saturated carbocycles. The van der Waals surface area contributed by atoms with Crippen molar-refractivity contribution in [1.82, 2.24) is 24.4 Å². The predicted octanol–water partition coefficient (Wildman–Crippen LogP) is 2.58. The molecule has 3 aromatic rings. The molecule has 1 aliphatic heterocycles. The molecule has 1 aliphatic rings. The van der Waals surface area contributed by atoms with Crippen LogP contribution >= 0.6 is 0 Å². The maximum absolute atomic E-state index is 12.4. The highest BCUT2D eigenvalue weighted by Crippen LogP contribution is 2.26. The van der Waals surface area contributed by atoms with Crippen LogP contribution in [0.25, 0.3) is 11.2 Å². The Morgan fingerprint density at radius 1 is 1.00 bits per heavy atom. The summed E-state index contributed by atoms with van der Waals surface area (Å²) in [7, 11) is 0. The lowest BCUT2D eigenvalue weighted by Crippen LogP contribution is -2.30. The highest BCUT2D eigenvalue weighted by molar-refractivity contribution is 6.21. The van der Waals surface area contributed by atoms with E-state index >= 15 is 0 Å². The molecule has 0 bridgehead atoms. The van der Waals surface area contributed by atoms with E-state index in [1.807, 2.05) is 4.57 Å². The zero-order valence-electron chi connectivity index (χ0n) is 17.4. The number of nitrogens with zero attached hydrogens (tertiary/aromatic N) is 5. The highest BCUT2D eigenvalue weighted by atomic mass is 16.3. The summed E-state index contributed by atoms with van der Waals surface area (Å²) < 4.78 is 1.86. The summed E-state index contributed by atoms with van der Waals surface area (Å²) in [6.07, 6.45) is 6.67. The molecule has 0 spiro atoms. The number of carbonyl (C=O) groups excluding carboxylic acids is 2. The van der Waals surface area contributed by atoms with Gasteiger partial charge < -0.3 is 15.4 Å². The molecule has 162 valence electrons. The van der Waals surface area contributed by atoms with Gasteiger partial charge in [0.15, 0.2) is 11.5 Å². The number of aliphatic hydroxyl groups is 1. The first kappa shape index (κ1) is 20.9. The number of imide groups is 1. The summed E-state index contributed by atoms with van der Waals surface area (Å²) >= 11 is 0. The molecule has 0 radical (unpaired) electrons. The summed E-state index contributed by atoms with van der Waals surface area (Å²) in [6, 6.07) is 6.77. The molecule has 2 atom stereocenters. The van der Waals surface area contributed by atoms with Crippen LogP contribution in [0.1, 0.15) is 65.8 Å². The third-order valence-electron chi connectivity index (χ3n) is 5.81. The fourth-order valence-corrected chi connectivity index (χ4v) is 4.14. The van der Waals surface area contributed by atoms with Crippen molar-refractivity contribution >= 4 is 28.8 Å². The second kappa shape index (κ2) is 8.81. The van der Waals surface area contributed by atoms with Gasteiger partial charge >= 0.3 is 0 Å². The number of aliphatic hydroxyl groups excluding tert-OH is 1. The van der Waals surface area contributed by atoms with Crippen LogP contribution in [0.15, 0.2) is 36.9 Å². The van der Waals surface area contributed by atoms with E-state index in [1.54, 1.807) is 37.5 Å². The van der Waals surface area contributed by atoms with Gasteiger partial charge in [0.2, 0.25) is 0 Å². The molecule has 3 heterocycles. The van der Waals surface area contributed by atoms with Gasteiger partial charge in [-0.25, -0.2) is 15.0 Å². The number of fused-ring (bicyclic) bond motifs is 2. The summed E-state index contributed by atoms with van der Waals surface area (Å²) in [5.41, 5.74) is 7.99. The van der Waals surface area contributed by atoms with E-state index in [2.05, 4.69) is 15.0 Å². The van der Waals surface area contributed by atoms with E-state index < -0.39 is 6.10 Å². The lowest BCUT2D eigenvalue weighted by Gasteiger charge is -2.22. The number of benzene rings is 1. The minimum absolute atomic E-state index is 0.171. The lowest BCUT2D eigenvalue weighted by molar-refractivity contribution is 0.0651. The van der Waals surface area contributed by atoms with E-state index in [9.17, 15) is 14.7 Å². The number of nitrogen functional groups attached to an aromatic ring is 1. The first-order chi connectivity index (χ1) is 15.0. The van der Waals surface area contributed by atoms with Gasteiger partial charge in [-0.1, -0.05) is 31.4 Å². The molecule has 0 saturated heterocycles. The Kier molecular flexibility index (Phi) is 5.94. The molecule has 9 nitrogen and oxygen atoms in total. The summed E-state index contributed by atoms with van der Waals surface area (Å²) in [5.74, 6) is -0.0905. The number of rotatable bonds is 9. The first-order valence-electron chi connectivity index (χ1n) is 10.6. The summed E-state index contributed by atoms with van der Waals surface area (Å²) in [4.78, 5) is 38.7. The smallest absolute Gasteiger partial charge is 0.261 e. The van der Waals surface area contributed by atoms with E-state index in [0.717, 1.165) is 32.1 Å². The molecule has 0 aliphatic carbocycles. The monoisotopic (exact) mass is 422 g/mol. The SMILES string of the molecule is C[C@@H](O)C(CCCCCCN1C(=O)c2ccccc2C1=O)n1cnc2c(N)ncnc21. The van der Waals surface area contributed by atoms with Crippen molar-refractivity contribution in [2.75, 3.05) is 12.3 Å². The van der Waals surface area contributed by atoms with Gasteiger partial charge in [0.25, 0.3) is 11.8 Å². The highest BCUT2D eigenvalue weighted by Gasteiger charge is 2.34. The van der Waals surface area contributed by atoms with E-state index in [4.69, 9.17) is 5.73 Å². The van der Waals surface area contributed by atoms with Crippen LogP contribution in [0, 0.1) is 0 Å². The largest absolute Gasteiger partial charge is 0.391 e. The third-order valence-corrected chi connectivity index (χ3v) is 5.81. The number of imidazole rings is 1. The van der Waals surface area contributed by atoms with E-state index in [0.29, 0.717) is 34.7 Å². The van der Waals surface area contributed by atoms with Crippen molar-refractivity contribution < 1.29 is 14.7 Å². The number of hydrogen-bond donors (Lipinski definition) is 2. The molecular formula is C22H26N6O3. The number of carbonyl (C=O) groups is 2. The van der Waals surface area contributed by atoms with Crippen LogP contribution in [0.2, 0.25) is 0 Å². The van der Waals surface area contributed by atoms with Gasteiger partial charge in [-0.2, -0.15) is 0 Å². The Hall–Kier alpha value is -3.33. The Bertz CT molecular complexity index is 1070. The van der Waals surface area contributed by atoms with Gasteiger partial charge in [-0.05, 0) is 31.9 Å². The van der Waals surface area contributed by atoms with Crippen LogP contribution in [-0.4, -0.2) is 54.0 Å². The number of hydrogen-bond acceptors (Lipinski definition) is 7. The van der Waals surface area contributed by atoms with Crippen LogP contribution in [0.4, 0.5) is 5.82 Å². The van der Waals surface area contributed by atoms with Crippen molar-refractivity contribution in [3.8, 4) is 0 Å². The molecule has 4 rings (SSSR count). The number of nitrogens with two attached hydrogens (primary N) is 1. The van der Waals surface area contributed by atoms with Gasteiger partial charge in [0.05, 0.1) is 29.6 Å². The van der Waals surface area contributed by atoms with Gasteiger partial charge in [0, 0.05) is 6.54 Å². The van der Waals surface area contributed by atoms with Crippen LogP contribution in [-0.2, 0) is 0 Å². The average Bonchev–Trinajstić information content (AvgIpc) is 3.29. The molecule has 0 fully saturated rings. The second-order valence-corrected chi connectivity index (χ2v) is 7.90. The van der Waals surface area contributed by atoms with Crippen molar-refractivity contribution in [2.45, 2.75) is 51.2 Å². The number of aromatic nitrogens is 4. The molecule has 3 N–H and O–H groups in total. The molecular weight excluding hydrogens is 396 g/mol. The van der Waals surface area contributed by atoms with Gasteiger partial charge in [0.1, 0.15) is 11.8 Å². The molecule has 1 aromatic carbocycles. The standard InChI is InChI=1S/C22H26N6O3/c1-14(29)17(28-13-26-18-19(23)24-12-25-20(18)28)10-4-2-3-7-11-27-21(30)15-8-5-6-9-16(15)22(27)31/h5-6,8-9,12-14,17,29H,2-4,7,10-11H2,1H3,(H2,23,24,25)/t14-,17?/m1/s1. The number of unbranched alkanes of at least 4 members (excludes halogenated alkanes) is 3. The molecule has 2 amide bonds. The summed E-state index contributed by atoms with van der Waals surface area (Å²) in [5, 5.41) is 10.3. The zero-order valence-corrected chi connectivity index (χ0v) is 17.4. The average molecular weight is 422 g/mol. The molecule has 1 unspecified atom stereocenters. The maximum atomic E-state index is 12.4. The normalized spacial score (nSPS) is 15.5. The predicted molar refractivity (Wildman–Crippen MR) is 115 cm³/mol. The minimum Gasteiger partial charge on any atom is -0.391 e. The Balaban J connectivity index is 1.28. The number of anilines is 1. The third kappa shape index (κ3) is 4.00. The Morgan fingerprint density at radius 3 is 2.35 bits per heavy atom.